The van der Waals surface area contributed by atoms with Crippen LogP contribution in [-0.4, -0.2) is 19.6 Å². The number of benzene rings is 3. The topological polar surface area (TPSA) is 183 Å². The lowest BCUT2D eigenvalue weighted by Gasteiger charge is -2.02. The normalized spacial score (nSPS) is 11.2. The number of rotatable bonds is 6. The highest BCUT2D eigenvalue weighted by molar-refractivity contribution is 5.93. The van der Waals surface area contributed by atoms with Crippen LogP contribution in [0.2, 0.25) is 0 Å². The van der Waals surface area contributed by atoms with E-state index in [1.165, 1.54) is 9.36 Å². The van der Waals surface area contributed by atoms with E-state index in [9.17, 15) is 21.0 Å². The van der Waals surface area contributed by atoms with Gasteiger partial charge in [-0.15, -0.1) is 0 Å². The van der Waals surface area contributed by atoms with Gasteiger partial charge >= 0.3 is 0 Å². The summed E-state index contributed by atoms with van der Waals surface area (Å²) in [6.45, 7) is 0. The van der Waals surface area contributed by atoms with Crippen molar-refractivity contribution in [3.63, 3.8) is 0 Å². The van der Waals surface area contributed by atoms with Gasteiger partial charge in [0.1, 0.15) is 58.4 Å². The first-order valence-electron chi connectivity index (χ1n) is 12.5. The number of nitrogen functional groups attached to an aromatic ring is 2. The fraction of sp³-hybridized carbons (Fsp3) is 0. The van der Waals surface area contributed by atoms with E-state index in [0.29, 0.717) is 22.5 Å². The van der Waals surface area contributed by atoms with Crippen molar-refractivity contribution in [1.82, 2.24) is 19.6 Å². The highest BCUT2D eigenvalue weighted by Crippen LogP contribution is 2.29. The van der Waals surface area contributed by atoms with Crippen molar-refractivity contribution in [2.24, 2.45) is 0 Å². The Labute approximate surface area is 241 Å². The van der Waals surface area contributed by atoms with E-state index in [4.69, 9.17) is 11.5 Å². The molecule has 42 heavy (non-hydrogen) atoms. The summed E-state index contributed by atoms with van der Waals surface area (Å²) in [6.07, 6.45) is 3.21. The van der Waals surface area contributed by atoms with Crippen LogP contribution in [0.1, 0.15) is 33.6 Å². The Morgan fingerprint density at radius 2 is 0.929 bits per heavy atom. The summed E-state index contributed by atoms with van der Waals surface area (Å²) in [4.78, 5) is 0. The minimum atomic E-state index is 0.104. The van der Waals surface area contributed by atoms with Crippen LogP contribution in [-0.2, 0) is 0 Å². The molecule has 5 aromatic rings. The minimum absolute atomic E-state index is 0.104. The van der Waals surface area contributed by atoms with Crippen molar-refractivity contribution in [2.75, 3.05) is 11.5 Å². The molecule has 4 N–H and O–H groups in total. The summed E-state index contributed by atoms with van der Waals surface area (Å²) in [7, 11) is 0. The highest BCUT2D eigenvalue weighted by Gasteiger charge is 2.21. The molecule has 0 bridgehead atoms. The second-order valence-electron chi connectivity index (χ2n) is 8.94. The predicted molar refractivity (Wildman–Crippen MR) is 159 cm³/mol. The van der Waals surface area contributed by atoms with Crippen LogP contribution in [0.3, 0.4) is 0 Å². The number of nitrogens with zero attached hydrogens (tertiary/aromatic N) is 8. The fourth-order valence-corrected chi connectivity index (χ4v) is 4.32. The quantitative estimate of drug-likeness (QED) is 0.277. The van der Waals surface area contributed by atoms with E-state index in [0.717, 1.165) is 0 Å². The van der Waals surface area contributed by atoms with Gasteiger partial charge in [0.2, 0.25) is 0 Å². The molecule has 10 heteroatoms. The summed E-state index contributed by atoms with van der Waals surface area (Å²) in [5.74, 6) is 0.271. The molecular weight excluding hydrogens is 524 g/mol. The first-order valence-corrected chi connectivity index (χ1v) is 12.5. The summed E-state index contributed by atoms with van der Waals surface area (Å²) in [5, 5.41) is 48.2. The van der Waals surface area contributed by atoms with Crippen LogP contribution in [0, 0.1) is 45.3 Å². The third kappa shape index (κ3) is 4.95. The Bertz CT molecular complexity index is 1870. The number of hydrogen-bond acceptors (Lipinski definition) is 8. The maximum Gasteiger partial charge on any atom is 0.145 e. The van der Waals surface area contributed by atoms with Crippen LogP contribution < -0.4 is 11.5 Å². The molecule has 198 valence electrons. The van der Waals surface area contributed by atoms with E-state index in [1.54, 1.807) is 60.7 Å². The third-order valence-electron chi connectivity index (χ3n) is 6.38. The van der Waals surface area contributed by atoms with Crippen LogP contribution in [0.4, 0.5) is 11.6 Å². The lowest BCUT2D eigenvalue weighted by atomic mass is 10.0. The van der Waals surface area contributed by atoms with Crippen molar-refractivity contribution in [1.29, 1.82) is 21.0 Å². The molecule has 0 saturated carbocycles. The third-order valence-corrected chi connectivity index (χ3v) is 6.38. The first kappa shape index (κ1) is 26.7. The SMILES string of the molecule is N#CC(=Cc1ccc(C=C(C#N)c2nn(-c3ccccc3)c(N)c2C#N)cc1)c1nn(-c2ccccc2)c(N)c1C#N. The molecule has 0 saturated heterocycles. The van der Waals surface area contributed by atoms with Crippen LogP contribution >= 0.6 is 0 Å². The molecule has 5 rings (SSSR count). The van der Waals surface area contributed by atoms with Crippen molar-refractivity contribution in [2.45, 2.75) is 0 Å². The summed E-state index contributed by atoms with van der Waals surface area (Å²) in [5.41, 5.74) is 15.9. The zero-order chi connectivity index (χ0) is 29.6. The second kappa shape index (κ2) is 11.5. The molecule has 3 aromatic carbocycles. The summed E-state index contributed by atoms with van der Waals surface area (Å²) < 4.78 is 2.86. The van der Waals surface area contributed by atoms with Gasteiger partial charge < -0.3 is 11.5 Å². The molecule has 0 radical (unpaired) electrons. The molecule has 2 heterocycles. The molecule has 0 amide bonds. The number of allylic oxidation sites excluding steroid dienone is 2. The molecule has 0 aliphatic heterocycles. The van der Waals surface area contributed by atoms with Gasteiger partial charge in [0.15, 0.2) is 0 Å². The zero-order valence-corrected chi connectivity index (χ0v) is 22.0. The minimum Gasteiger partial charge on any atom is -0.382 e. The van der Waals surface area contributed by atoms with Gasteiger partial charge in [0, 0.05) is 0 Å². The van der Waals surface area contributed by atoms with Gasteiger partial charge in [0.05, 0.1) is 22.5 Å². The van der Waals surface area contributed by atoms with Crippen molar-refractivity contribution >= 4 is 34.9 Å². The Balaban J connectivity index is 1.48. The number of para-hydroxylation sites is 2. The highest BCUT2D eigenvalue weighted by atomic mass is 15.3. The largest absolute Gasteiger partial charge is 0.382 e. The molecule has 0 aliphatic carbocycles. The smallest absolute Gasteiger partial charge is 0.145 e. The van der Waals surface area contributed by atoms with E-state index < -0.39 is 0 Å². The van der Waals surface area contributed by atoms with Gasteiger partial charge in [-0.1, -0.05) is 60.7 Å². The molecule has 10 nitrogen and oxygen atoms in total. The van der Waals surface area contributed by atoms with E-state index in [-0.39, 0.29) is 45.3 Å². The van der Waals surface area contributed by atoms with E-state index in [1.807, 2.05) is 36.4 Å². The lowest BCUT2D eigenvalue weighted by Crippen LogP contribution is -2.02. The summed E-state index contributed by atoms with van der Waals surface area (Å²) in [6, 6.07) is 33.5. The van der Waals surface area contributed by atoms with Crippen LogP contribution in [0.25, 0.3) is 34.7 Å². The predicted octanol–water partition coefficient (Wildman–Crippen LogP) is 5.09. The Morgan fingerprint density at radius 1 is 0.571 bits per heavy atom. The number of aromatic nitrogens is 4. The monoisotopic (exact) mass is 544 g/mol. The molecule has 0 spiro atoms. The molecular formula is C32H20N10. The summed E-state index contributed by atoms with van der Waals surface area (Å²) >= 11 is 0. The van der Waals surface area contributed by atoms with Gasteiger partial charge in [-0.2, -0.15) is 31.2 Å². The average molecular weight is 545 g/mol. The number of nitriles is 4. The average Bonchev–Trinajstić information content (AvgIpc) is 3.55. The first-order chi connectivity index (χ1) is 20.5. The van der Waals surface area contributed by atoms with Crippen molar-refractivity contribution in [3.8, 4) is 35.7 Å². The van der Waals surface area contributed by atoms with Crippen molar-refractivity contribution in [3.05, 3.63) is 119 Å². The van der Waals surface area contributed by atoms with Crippen LogP contribution in [0.5, 0.6) is 0 Å². The van der Waals surface area contributed by atoms with Gasteiger partial charge in [0.25, 0.3) is 0 Å². The Hall–Kier alpha value is -6.88. The van der Waals surface area contributed by atoms with Crippen LogP contribution in [0.15, 0.2) is 84.9 Å². The number of nitrogens with two attached hydrogens (primary N) is 2. The van der Waals surface area contributed by atoms with Gasteiger partial charge in [-0.3, -0.25) is 0 Å². The molecule has 0 fully saturated rings. The molecule has 0 atom stereocenters. The zero-order valence-electron chi connectivity index (χ0n) is 22.0. The van der Waals surface area contributed by atoms with E-state index in [2.05, 4.69) is 34.5 Å². The lowest BCUT2D eigenvalue weighted by molar-refractivity contribution is 0.885. The van der Waals surface area contributed by atoms with Crippen molar-refractivity contribution < 1.29 is 0 Å². The fourth-order valence-electron chi connectivity index (χ4n) is 4.32. The maximum atomic E-state index is 9.91. The Kier molecular flexibility index (Phi) is 7.30. The van der Waals surface area contributed by atoms with Gasteiger partial charge in [-0.05, 0) is 47.5 Å². The molecule has 0 unspecified atom stereocenters. The van der Waals surface area contributed by atoms with E-state index >= 15 is 0 Å². The standard InChI is InChI=1S/C32H20N10/c33-17-23(29-27(19-35)31(37)41(39-29)25-7-3-1-4-8-25)15-21-11-13-22(14-12-21)16-24(18-34)30-28(20-36)32(38)42(40-30)26-9-5-2-6-10-26/h1-16H,37-38H2. The van der Waals surface area contributed by atoms with Gasteiger partial charge in [-0.25, -0.2) is 9.36 Å². The number of anilines is 2. The Morgan fingerprint density at radius 3 is 1.24 bits per heavy atom. The molecule has 0 aliphatic rings. The maximum absolute atomic E-state index is 9.91. The molecule has 2 aromatic heterocycles. The number of hydrogen-bond donors (Lipinski definition) is 2. The second-order valence-corrected chi connectivity index (χ2v) is 8.94.